The fourth-order valence-corrected chi connectivity index (χ4v) is 4.05. The van der Waals surface area contributed by atoms with E-state index < -0.39 is 0 Å². The number of nitrogens with one attached hydrogen (secondary N) is 2. The minimum absolute atomic E-state index is 0.0331. The number of likely N-dealkylation sites (tertiary alicyclic amines) is 1. The van der Waals surface area contributed by atoms with Crippen LogP contribution in [0, 0.1) is 5.92 Å². The van der Waals surface area contributed by atoms with Gasteiger partial charge in [0.15, 0.2) is 5.96 Å². The van der Waals surface area contributed by atoms with Crippen LogP contribution in [0.15, 0.2) is 4.99 Å². The smallest absolute Gasteiger partial charge is 0.243 e. The molecular formula is C21H41N5O2. The Morgan fingerprint density at radius 3 is 2.50 bits per heavy atom. The van der Waals surface area contributed by atoms with E-state index in [1.54, 1.807) is 26.1 Å². The highest BCUT2D eigenvalue weighted by molar-refractivity contribution is 5.85. The number of carbonyl (C=O) groups is 1. The van der Waals surface area contributed by atoms with Crippen molar-refractivity contribution in [2.24, 2.45) is 10.9 Å². The molecule has 28 heavy (non-hydrogen) atoms. The van der Waals surface area contributed by atoms with E-state index in [9.17, 15) is 4.79 Å². The molecule has 0 bridgehead atoms. The van der Waals surface area contributed by atoms with Crippen LogP contribution in [0.5, 0.6) is 0 Å². The van der Waals surface area contributed by atoms with Crippen LogP contribution in [0.2, 0.25) is 0 Å². The fourth-order valence-electron chi connectivity index (χ4n) is 4.05. The number of hydrogen-bond acceptors (Lipinski definition) is 4. The van der Waals surface area contributed by atoms with E-state index in [0.717, 1.165) is 51.5 Å². The third-order valence-corrected chi connectivity index (χ3v) is 6.06. The lowest BCUT2D eigenvalue weighted by Crippen LogP contribution is -2.52. The number of ether oxygens (including phenoxy) is 1. The van der Waals surface area contributed by atoms with E-state index in [4.69, 9.17) is 4.74 Å². The minimum Gasteiger partial charge on any atom is -0.385 e. The molecular weight excluding hydrogens is 354 g/mol. The summed E-state index contributed by atoms with van der Waals surface area (Å²) in [6, 6.07) is 0.863. The maximum Gasteiger partial charge on any atom is 0.243 e. The van der Waals surface area contributed by atoms with Crippen LogP contribution < -0.4 is 10.6 Å². The molecule has 2 fully saturated rings. The lowest BCUT2D eigenvalue weighted by atomic mass is 9.86. The molecule has 0 radical (unpaired) electrons. The Hall–Kier alpha value is -1.34. The summed E-state index contributed by atoms with van der Waals surface area (Å²) in [7, 11) is 5.32. The molecule has 2 unspecified atom stereocenters. The number of hydrogen-bond donors (Lipinski definition) is 2. The number of likely N-dealkylation sites (N-methyl/N-ethyl adjacent to an activating group) is 1. The van der Waals surface area contributed by atoms with Gasteiger partial charge in [0, 0.05) is 59.5 Å². The number of aliphatic imine (C=N–C) groups is 1. The van der Waals surface area contributed by atoms with Crippen molar-refractivity contribution >= 4 is 11.9 Å². The number of piperidine rings is 1. The highest BCUT2D eigenvalue weighted by Crippen LogP contribution is 2.23. The Kier molecular flexibility index (Phi) is 10.1. The third kappa shape index (κ3) is 7.95. The standard InChI is InChI=1S/C21H41N5O2/c1-17-8-5-6-9-19(17)24-21(22-16-20(27)25(2)3)23-18-10-13-26(14-11-18)12-7-15-28-4/h17-19H,5-16H2,1-4H3,(H2,22,23,24). The number of rotatable bonds is 8. The molecule has 1 heterocycles. The van der Waals surface area contributed by atoms with Crippen molar-refractivity contribution in [2.45, 2.75) is 64.0 Å². The van der Waals surface area contributed by atoms with E-state index in [0.29, 0.717) is 18.0 Å². The van der Waals surface area contributed by atoms with Crippen molar-refractivity contribution in [3.8, 4) is 0 Å². The molecule has 2 atom stereocenters. The number of methoxy groups -OCH3 is 1. The van der Waals surface area contributed by atoms with Crippen LogP contribution in [-0.2, 0) is 9.53 Å². The summed E-state index contributed by atoms with van der Waals surface area (Å²) in [6.07, 6.45) is 8.34. The predicted molar refractivity (Wildman–Crippen MR) is 115 cm³/mol. The largest absolute Gasteiger partial charge is 0.385 e. The van der Waals surface area contributed by atoms with Crippen molar-refractivity contribution in [1.29, 1.82) is 0 Å². The van der Waals surface area contributed by atoms with Gasteiger partial charge in [0.2, 0.25) is 5.91 Å². The Morgan fingerprint density at radius 1 is 1.14 bits per heavy atom. The van der Waals surface area contributed by atoms with Gasteiger partial charge in [0.1, 0.15) is 6.54 Å². The van der Waals surface area contributed by atoms with Crippen molar-refractivity contribution < 1.29 is 9.53 Å². The first kappa shape index (κ1) is 22.9. The van der Waals surface area contributed by atoms with Gasteiger partial charge in [-0.05, 0) is 38.0 Å². The lowest BCUT2D eigenvalue weighted by Gasteiger charge is -2.35. The van der Waals surface area contributed by atoms with Gasteiger partial charge in [-0.2, -0.15) is 0 Å². The van der Waals surface area contributed by atoms with Gasteiger partial charge < -0.3 is 25.2 Å². The summed E-state index contributed by atoms with van der Waals surface area (Å²) in [4.78, 5) is 20.7. The summed E-state index contributed by atoms with van der Waals surface area (Å²) >= 11 is 0. The van der Waals surface area contributed by atoms with Crippen LogP contribution >= 0.6 is 0 Å². The molecule has 7 heteroatoms. The first-order chi connectivity index (χ1) is 13.5. The first-order valence-electron chi connectivity index (χ1n) is 11.0. The molecule has 1 saturated carbocycles. The van der Waals surface area contributed by atoms with Crippen LogP contribution in [0.4, 0.5) is 0 Å². The minimum atomic E-state index is 0.0331. The Morgan fingerprint density at radius 2 is 1.86 bits per heavy atom. The highest BCUT2D eigenvalue weighted by atomic mass is 16.5. The van der Waals surface area contributed by atoms with Crippen molar-refractivity contribution in [1.82, 2.24) is 20.4 Å². The maximum atomic E-state index is 12.0. The Labute approximate surface area is 171 Å². The number of nitrogens with zero attached hydrogens (tertiary/aromatic N) is 3. The van der Waals surface area contributed by atoms with Crippen LogP contribution in [0.25, 0.3) is 0 Å². The molecule has 1 amide bonds. The van der Waals surface area contributed by atoms with E-state index in [1.165, 1.54) is 25.7 Å². The zero-order valence-electron chi connectivity index (χ0n) is 18.4. The monoisotopic (exact) mass is 395 g/mol. The van der Waals surface area contributed by atoms with Crippen LogP contribution in [0.3, 0.4) is 0 Å². The SMILES string of the molecule is COCCCN1CCC(NC(=NCC(=O)N(C)C)NC2CCCCC2C)CC1. The molecule has 2 N–H and O–H groups in total. The number of amides is 1. The highest BCUT2D eigenvalue weighted by Gasteiger charge is 2.24. The Bertz CT molecular complexity index is 489. The second-order valence-corrected chi connectivity index (χ2v) is 8.57. The first-order valence-corrected chi connectivity index (χ1v) is 11.0. The quantitative estimate of drug-likeness (QED) is 0.372. The maximum absolute atomic E-state index is 12.0. The summed E-state index contributed by atoms with van der Waals surface area (Å²) < 4.78 is 5.16. The van der Waals surface area contributed by atoms with E-state index in [-0.39, 0.29) is 12.5 Å². The molecule has 1 saturated heterocycles. The topological polar surface area (TPSA) is 69.2 Å². The van der Waals surface area contributed by atoms with Gasteiger partial charge in [-0.1, -0.05) is 19.8 Å². The lowest BCUT2D eigenvalue weighted by molar-refractivity contribution is -0.127. The van der Waals surface area contributed by atoms with Gasteiger partial charge in [-0.15, -0.1) is 0 Å². The van der Waals surface area contributed by atoms with Gasteiger partial charge in [0.05, 0.1) is 0 Å². The molecule has 0 aromatic rings. The number of carbonyl (C=O) groups excluding carboxylic acids is 1. The zero-order chi connectivity index (χ0) is 20.4. The molecule has 1 aliphatic carbocycles. The van der Waals surface area contributed by atoms with Gasteiger partial charge in [-0.25, -0.2) is 4.99 Å². The van der Waals surface area contributed by atoms with Gasteiger partial charge in [-0.3, -0.25) is 4.79 Å². The Balaban J connectivity index is 1.88. The van der Waals surface area contributed by atoms with Crippen LogP contribution in [0.1, 0.15) is 51.9 Å². The number of guanidine groups is 1. The van der Waals surface area contributed by atoms with Crippen molar-refractivity contribution in [3.63, 3.8) is 0 Å². The normalized spacial score (nSPS) is 24.8. The van der Waals surface area contributed by atoms with E-state index >= 15 is 0 Å². The molecule has 0 aromatic carbocycles. The average Bonchev–Trinajstić information content (AvgIpc) is 2.69. The molecule has 0 aromatic heterocycles. The van der Waals surface area contributed by atoms with Gasteiger partial charge >= 0.3 is 0 Å². The third-order valence-electron chi connectivity index (χ3n) is 6.06. The summed E-state index contributed by atoms with van der Waals surface area (Å²) in [5, 5.41) is 7.26. The second kappa shape index (κ2) is 12.3. The molecule has 7 nitrogen and oxygen atoms in total. The van der Waals surface area contributed by atoms with Crippen LogP contribution in [-0.4, -0.2) is 87.7 Å². The molecule has 162 valence electrons. The summed E-state index contributed by atoms with van der Waals surface area (Å²) in [6.45, 7) is 6.66. The predicted octanol–water partition coefficient (Wildman–Crippen LogP) is 1.69. The second-order valence-electron chi connectivity index (χ2n) is 8.57. The van der Waals surface area contributed by atoms with E-state index in [2.05, 4.69) is 27.4 Å². The molecule has 0 spiro atoms. The molecule has 1 aliphatic heterocycles. The molecule has 2 rings (SSSR count). The van der Waals surface area contributed by atoms with Crippen molar-refractivity contribution in [2.75, 3.05) is 54.0 Å². The average molecular weight is 396 g/mol. The van der Waals surface area contributed by atoms with Crippen molar-refractivity contribution in [3.05, 3.63) is 0 Å². The van der Waals surface area contributed by atoms with E-state index in [1.807, 2.05) is 0 Å². The van der Waals surface area contributed by atoms with Gasteiger partial charge in [0.25, 0.3) is 0 Å². The fraction of sp³-hybridized carbons (Fsp3) is 0.905. The zero-order valence-corrected chi connectivity index (χ0v) is 18.4. The molecule has 2 aliphatic rings. The summed E-state index contributed by atoms with van der Waals surface area (Å²) in [5.41, 5.74) is 0. The summed E-state index contributed by atoms with van der Waals surface area (Å²) in [5.74, 6) is 1.49.